The van der Waals surface area contributed by atoms with E-state index in [1.807, 2.05) is 43.3 Å². The summed E-state index contributed by atoms with van der Waals surface area (Å²) in [5.41, 5.74) is 1.95. The summed E-state index contributed by atoms with van der Waals surface area (Å²) in [6.07, 6.45) is 1.92. The molecule has 1 saturated carbocycles. The number of carbonyl (C=O) groups excluding carboxylic acids is 1. The number of benzene rings is 1. The van der Waals surface area contributed by atoms with Gasteiger partial charge in [0.25, 0.3) is 0 Å². The molecule has 1 amide bonds. The Labute approximate surface area is 114 Å². The molecule has 1 unspecified atom stereocenters. The van der Waals surface area contributed by atoms with Crippen molar-refractivity contribution in [1.29, 1.82) is 5.26 Å². The predicted molar refractivity (Wildman–Crippen MR) is 74.6 cm³/mol. The molecule has 0 radical (unpaired) electrons. The van der Waals surface area contributed by atoms with E-state index in [-0.39, 0.29) is 11.8 Å². The van der Waals surface area contributed by atoms with E-state index < -0.39 is 6.04 Å². The van der Waals surface area contributed by atoms with E-state index in [9.17, 15) is 10.1 Å². The van der Waals surface area contributed by atoms with Crippen LogP contribution in [0.4, 0.5) is 5.69 Å². The normalized spacial score (nSPS) is 15.5. The number of amides is 1. The van der Waals surface area contributed by atoms with Gasteiger partial charge < -0.3 is 9.80 Å². The summed E-state index contributed by atoms with van der Waals surface area (Å²) in [5.74, 6) is 0.227. The van der Waals surface area contributed by atoms with Gasteiger partial charge in [-0.3, -0.25) is 4.79 Å². The second-order valence-corrected chi connectivity index (χ2v) is 5.24. The van der Waals surface area contributed by atoms with Gasteiger partial charge in [0.1, 0.15) is 6.04 Å². The molecule has 1 aliphatic carbocycles. The second kappa shape index (κ2) is 5.31. The van der Waals surface area contributed by atoms with Crippen molar-refractivity contribution in [3.05, 3.63) is 29.8 Å². The zero-order valence-electron chi connectivity index (χ0n) is 11.6. The van der Waals surface area contributed by atoms with Gasteiger partial charge in [0, 0.05) is 32.7 Å². The lowest BCUT2D eigenvalue weighted by Crippen LogP contribution is -2.31. The molecule has 4 heteroatoms. The van der Waals surface area contributed by atoms with Crippen molar-refractivity contribution in [2.45, 2.75) is 18.9 Å². The number of hydrogen-bond acceptors (Lipinski definition) is 3. The summed E-state index contributed by atoms with van der Waals surface area (Å²) in [6, 6.07) is 9.49. The zero-order valence-corrected chi connectivity index (χ0v) is 11.6. The fraction of sp³-hybridized carbons (Fsp3) is 0.467. The minimum absolute atomic E-state index is 0.0863. The predicted octanol–water partition coefficient (Wildman–Crippen LogP) is 2.19. The molecule has 0 aliphatic heterocycles. The number of rotatable bonds is 4. The van der Waals surface area contributed by atoms with Gasteiger partial charge in [-0.15, -0.1) is 0 Å². The molecule has 19 heavy (non-hydrogen) atoms. The smallest absolute Gasteiger partial charge is 0.226 e. The van der Waals surface area contributed by atoms with E-state index in [4.69, 9.17) is 0 Å². The first-order valence-corrected chi connectivity index (χ1v) is 6.48. The maximum Gasteiger partial charge on any atom is 0.226 e. The lowest BCUT2D eigenvalue weighted by Gasteiger charge is -2.23. The summed E-state index contributed by atoms with van der Waals surface area (Å²) in [7, 11) is 5.66. The lowest BCUT2D eigenvalue weighted by molar-refractivity contribution is -0.132. The monoisotopic (exact) mass is 257 g/mol. The Morgan fingerprint density at radius 3 is 2.26 bits per heavy atom. The Morgan fingerprint density at radius 1 is 1.26 bits per heavy atom. The van der Waals surface area contributed by atoms with Gasteiger partial charge in [-0.1, -0.05) is 12.1 Å². The molecule has 0 saturated heterocycles. The zero-order chi connectivity index (χ0) is 14.0. The maximum atomic E-state index is 12.0. The third kappa shape index (κ3) is 2.87. The molecule has 0 spiro atoms. The molecule has 2 rings (SSSR count). The van der Waals surface area contributed by atoms with Crippen LogP contribution >= 0.6 is 0 Å². The molecule has 0 bridgehead atoms. The molecule has 1 aliphatic rings. The summed E-state index contributed by atoms with van der Waals surface area (Å²) in [4.78, 5) is 15.6. The highest BCUT2D eigenvalue weighted by molar-refractivity contribution is 5.81. The Hall–Kier alpha value is -2.02. The van der Waals surface area contributed by atoms with Gasteiger partial charge in [0.05, 0.1) is 6.07 Å². The van der Waals surface area contributed by atoms with E-state index in [2.05, 4.69) is 6.07 Å². The summed E-state index contributed by atoms with van der Waals surface area (Å²) < 4.78 is 0. The average molecular weight is 257 g/mol. The molecule has 1 aromatic rings. The third-order valence-corrected chi connectivity index (χ3v) is 3.51. The van der Waals surface area contributed by atoms with Crippen LogP contribution in [-0.4, -0.2) is 32.0 Å². The number of nitriles is 1. The van der Waals surface area contributed by atoms with Crippen LogP contribution in [0.3, 0.4) is 0 Å². The summed E-state index contributed by atoms with van der Waals surface area (Å²) >= 11 is 0. The van der Waals surface area contributed by atoms with Crippen LogP contribution in [0.15, 0.2) is 24.3 Å². The first-order chi connectivity index (χ1) is 9.04. The van der Waals surface area contributed by atoms with Crippen LogP contribution in [0.1, 0.15) is 24.4 Å². The number of anilines is 1. The third-order valence-electron chi connectivity index (χ3n) is 3.51. The Balaban J connectivity index is 2.17. The topological polar surface area (TPSA) is 47.3 Å². The van der Waals surface area contributed by atoms with E-state index >= 15 is 0 Å². The molecule has 1 atom stereocenters. The highest BCUT2D eigenvalue weighted by Crippen LogP contribution is 2.33. The van der Waals surface area contributed by atoms with Crippen LogP contribution in [0, 0.1) is 17.2 Å². The first kappa shape index (κ1) is 13.4. The maximum absolute atomic E-state index is 12.0. The van der Waals surface area contributed by atoms with Gasteiger partial charge in [0.15, 0.2) is 0 Å². The SMILES string of the molecule is CN(C)c1ccc(C(C#N)N(C)C(=O)C2CC2)cc1. The van der Waals surface area contributed by atoms with Crippen LogP contribution in [-0.2, 0) is 4.79 Å². The Kier molecular flexibility index (Phi) is 3.75. The standard InChI is InChI=1S/C15H19N3O/c1-17(2)13-8-6-11(7-9-13)14(10-16)18(3)15(19)12-4-5-12/h6-9,12,14H,4-5H2,1-3H3. The summed E-state index contributed by atoms with van der Waals surface area (Å²) in [6.45, 7) is 0. The second-order valence-electron chi connectivity index (χ2n) is 5.24. The first-order valence-electron chi connectivity index (χ1n) is 6.48. The van der Waals surface area contributed by atoms with Crippen molar-refractivity contribution >= 4 is 11.6 Å². The van der Waals surface area contributed by atoms with Crippen molar-refractivity contribution in [3.8, 4) is 6.07 Å². The molecule has 0 aromatic heterocycles. The van der Waals surface area contributed by atoms with E-state index in [0.29, 0.717) is 0 Å². The van der Waals surface area contributed by atoms with Gasteiger partial charge >= 0.3 is 0 Å². The van der Waals surface area contributed by atoms with Crippen LogP contribution in [0.25, 0.3) is 0 Å². The fourth-order valence-corrected chi connectivity index (χ4v) is 2.09. The molecule has 0 N–H and O–H groups in total. The van der Waals surface area contributed by atoms with Gasteiger partial charge in [-0.2, -0.15) is 5.26 Å². The van der Waals surface area contributed by atoms with Crippen LogP contribution in [0.5, 0.6) is 0 Å². The molecular weight excluding hydrogens is 238 g/mol. The van der Waals surface area contributed by atoms with Crippen molar-refractivity contribution in [2.75, 3.05) is 26.0 Å². The number of nitrogens with zero attached hydrogens (tertiary/aromatic N) is 3. The van der Waals surface area contributed by atoms with Crippen molar-refractivity contribution in [2.24, 2.45) is 5.92 Å². The van der Waals surface area contributed by atoms with Crippen LogP contribution in [0.2, 0.25) is 0 Å². The minimum Gasteiger partial charge on any atom is -0.378 e. The highest BCUT2D eigenvalue weighted by Gasteiger charge is 2.34. The van der Waals surface area contributed by atoms with Gasteiger partial charge in [-0.25, -0.2) is 0 Å². The molecule has 1 fully saturated rings. The highest BCUT2D eigenvalue weighted by atomic mass is 16.2. The van der Waals surface area contributed by atoms with Crippen molar-refractivity contribution in [1.82, 2.24) is 4.90 Å². The van der Waals surface area contributed by atoms with Crippen LogP contribution < -0.4 is 4.90 Å². The fourth-order valence-electron chi connectivity index (χ4n) is 2.09. The van der Waals surface area contributed by atoms with Crippen molar-refractivity contribution in [3.63, 3.8) is 0 Å². The molecule has 100 valence electrons. The number of hydrogen-bond donors (Lipinski definition) is 0. The molecule has 1 aromatic carbocycles. The lowest BCUT2D eigenvalue weighted by atomic mass is 10.1. The Bertz CT molecular complexity index is 497. The summed E-state index contributed by atoms with van der Waals surface area (Å²) in [5, 5.41) is 9.33. The average Bonchev–Trinajstić information content (AvgIpc) is 3.23. The molecule has 4 nitrogen and oxygen atoms in total. The van der Waals surface area contributed by atoms with E-state index in [1.165, 1.54) is 0 Å². The van der Waals surface area contributed by atoms with Gasteiger partial charge in [-0.05, 0) is 30.5 Å². The van der Waals surface area contributed by atoms with Crippen molar-refractivity contribution < 1.29 is 4.79 Å². The quantitative estimate of drug-likeness (QED) is 0.830. The number of carbonyl (C=O) groups is 1. The van der Waals surface area contributed by atoms with Gasteiger partial charge in [0.2, 0.25) is 5.91 Å². The van der Waals surface area contributed by atoms with E-state index in [1.54, 1.807) is 11.9 Å². The van der Waals surface area contributed by atoms with E-state index in [0.717, 1.165) is 24.1 Å². The molecule has 0 heterocycles. The largest absolute Gasteiger partial charge is 0.378 e. The minimum atomic E-state index is -0.496. The molecular formula is C15H19N3O. The Morgan fingerprint density at radius 2 is 1.84 bits per heavy atom.